The first-order chi connectivity index (χ1) is 12.2. The fraction of sp³-hybridized carbons (Fsp3) is 0.444. The summed E-state index contributed by atoms with van der Waals surface area (Å²) >= 11 is 0. The predicted molar refractivity (Wildman–Crippen MR) is 94.1 cm³/mol. The zero-order chi connectivity index (χ0) is 17.6. The van der Waals surface area contributed by atoms with Crippen molar-refractivity contribution in [2.24, 2.45) is 0 Å². The van der Waals surface area contributed by atoms with Crippen LogP contribution in [0.3, 0.4) is 0 Å². The first kappa shape index (κ1) is 17.3. The van der Waals surface area contributed by atoms with Crippen LogP contribution in [0, 0.1) is 6.92 Å². The van der Waals surface area contributed by atoms with Crippen molar-refractivity contribution < 1.29 is 9.53 Å². The average molecular weight is 341 g/mol. The summed E-state index contributed by atoms with van der Waals surface area (Å²) in [6.07, 6.45) is 4.64. The fourth-order valence-electron chi connectivity index (χ4n) is 2.93. The summed E-state index contributed by atoms with van der Waals surface area (Å²) in [6.45, 7) is 3.44. The van der Waals surface area contributed by atoms with E-state index >= 15 is 0 Å². The Kier molecular flexibility index (Phi) is 5.55. The number of carbonyl (C=O) groups is 1. The summed E-state index contributed by atoms with van der Waals surface area (Å²) in [5, 5.41) is 3.04. The van der Waals surface area contributed by atoms with Gasteiger partial charge in [-0.2, -0.15) is 0 Å². The fourth-order valence-corrected chi connectivity index (χ4v) is 2.93. The van der Waals surface area contributed by atoms with Crippen molar-refractivity contribution in [3.05, 3.63) is 47.7 Å². The average Bonchev–Trinajstić information content (AvgIpc) is 2.66. The number of nitrogens with zero attached hydrogens (tertiary/aromatic N) is 4. The van der Waals surface area contributed by atoms with Gasteiger partial charge < -0.3 is 15.0 Å². The van der Waals surface area contributed by atoms with Crippen LogP contribution in [0.2, 0.25) is 0 Å². The minimum atomic E-state index is -0.248. The maximum absolute atomic E-state index is 12.8. The van der Waals surface area contributed by atoms with E-state index in [1.54, 1.807) is 12.4 Å². The van der Waals surface area contributed by atoms with Crippen molar-refractivity contribution in [3.63, 3.8) is 0 Å². The van der Waals surface area contributed by atoms with E-state index in [9.17, 15) is 4.79 Å². The van der Waals surface area contributed by atoms with Crippen LogP contribution in [-0.4, -0.2) is 52.6 Å². The molecular formula is C18H23N5O2. The van der Waals surface area contributed by atoms with Crippen LogP contribution in [-0.2, 0) is 16.0 Å². The number of amides is 1. The molecule has 7 nitrogen and oxygen atoms in total. The summed E-state index contributed by atoms with van der Waals surface area (Å²) in [7, 11) is 1.82. The Morgan fingerprint density at radius 3 is 3.08 bits per heavy atom. The molecule has 0 saturated carbocycles. The van der Waals surface area contributed by atoms with E-state index < -0.39 is 0 Å². The molecule has 3 heterocycles. The Balaban J connectivity index is 1.74. The number of pyridine rings is 1. The molecule has 132 valence electrons. The summed E-state index contributed by atoms with van der Waals surface area (Å²) < 4.78 is 5.59. The molecule has 1 fully saturated rings. The van der Waals surface area contributed by atoms with Gasteiger partial charge in [-0.05, 0) is 25.0 Å². The molecule has 1 amide bonds. The first-order valence-corrected chi connectivity index (χ1v) is 8.47. The van der Waals surface area contributed by atoms with Crippen LogP contribution in [0.5, 0.6) is 0 Å². The lowest BCUT2D eigenvalue weighted by Crippen LogP contribution is -2.44. The lowest BCUT2D eigenvalue weighted by molar-refractivity contribution is -0.140. The van der Waals surface area contributed by atoms with Gasteiger partial charge in [-0.3, -0.25) is 9.78 Å². The van der Waals surface area contributed by atoms with Crippen LogP contribution >= 0.6 is 0 Å². The third kappa shape index (κ3) is 4.30. The lowest BCUT2D eigenvalue weighted by Gasteiger charge is -2.35. The van der Waals surface area contributed by atoms with E-state index in [2.05, 4.69) is 20.3 Å². The van der Waals surface area contributed by atoms with Crippen LogP contribution in [0.15, 0.2) is 30.6 Å². The van der Waals surface area contributed by atoms with E-state index in [-0.39, 0.29) is 11.9 Å². The standard InChI is InChI=1S/C18H23N5O2/c1-13-10-16(19-2)22-18(21-13)15-12-25-9-8-23(15)17(24)6-5-14-4-3-7-20-11-14/h3-4,7,10-11,15H,5-6,8-9,12H2,1-2H3,(H,19,21,22)/t15-/m1/s1. The quantitative estimate of drug-likeness (QED) is 0.892. The van der Waals surface area contributed by atoms with Gasteiger partial charge in [-0.25, -0.2) is 9.97 Å². The van der Waals surface area contributed by atoms with Gasteiger partial charge in [0, 0.05) is 44.2 Å². The van der Waals surface area contributed by atoms with Gasteiger partial charge in [0.25, 0.3) is 0 Å². The van der Waals surface area contributed by atoms with E-state index in [1.807, 2.05) is 37.1 Å². The highest BCUT2D eigenvalue weighted by atomic mass is 16.5. The molecule has 1 N–H and O–H groups in total. The Morgan fingerprint density at radius 1 is 1.44 bits per heavy atom. The molecule has 0 bridgehead atoms. The SMILES string of the molecule is CNc1cc(C)nc([C@H]2COCCN2C(=O)CCc2cccnc2)n1. The molecule has 3 rings (SSSR count). The van der Waals surface area contributed by atoms with Gasteiger partial charge in [0.05, 0.1) is 13.2 Å². The molecule has 0 aliphatic carbocycles. The molecule has 1 aliphatic heterocycles. The number of hydrogen-bond acceptors (Lipinski definition) is 6. The number of anilines is 1. The van der Waals surface area contributed by atoms with Crippen molar-refractivity contribution in [2.75, 3.05) is 32.1 Å². The van der Waals surface area contributed by atoms with E-state index in [0.717, 1.165) is 17.1 Å². The number of rotatable bonds is 5. The highest BCUT2D eigenvalue weighted by Crippen LogP contribution is 2.24. The van der Waals surface area contributed by atoms with Crippen molar-refractivity contribution in [1.29, 1.82) is 0 Å². The van der Waals surface area contributed by atoms with Gasteiger partial charge >= 0.3 is 0 Å². The van der Waals surface area contributed by atoms with Crippen molar-refractivity contribution in [2.45, 2.75) is 25.8 Å². The Morgan fingerprint density at radius 2 is 2.32 bits per heavy atom. The number of carbonyl (C=O) groups excluding carboxylic acids is 1. The molecule has 7 heteroatoms. The number of hydrogen-bond donors (Lipinski definition) is 1. The van der Waals surface area contributed by atoms with Crippen molar-refractivity contribution in [1.82, 2.24) is 19.9 Å². The molecule has 0 aromatic carbocycles. The smallest absolute Gasteiger partial charge is 0.223 e. The van der Waals surface area contributed by atoms with E-state index in [4.69, 9.17) is 4.74 Å². The van der Waals surface area contributed by atoms with E-state index in [1.165, 1.54) is 0 Å². The molecule has 25 heavy (non-hydrogen) atoms. The molecule has 2 aromatic rings. The zero-order valence-corrected chi connectivity index (χ0v) is 14.6. The molecule has 2 aromatic heterocycles. The number of aryl methyl sites for hydroxylation is 2. The third-order valence-corrected chi connectivity index (χ3v) is 4.22. The topological polar surface area (TPSA) is 80.2 Å². The normalized spacial score (nSPS) is 17.4. The predicted octanol–water partition coefficient (Wildman–Crippen LogP) is 1.75. The van der Waals surface area contributed by atoms with Crippen LogP contribution in [0.25, 0.3) is 0 Å². The van der Waals surface area contributed by atoms with Gasteiger partial charge in [-0.15, -0.1) is 0 Å². The van der Waals surface area contributed by atoms with Gasteiger partial charge in [-0.1, -0.05) is 6.07 Å². The summed E-state index contributed by atoms with van der Waals surface area (Å²) in [4.78, 5) is 27.8. The second-order valence-corrected chi connectivity index (χ2v) is 6.04. The zero-order valence-electron chi connectivity index (χ0n) is 14.6. The molecular weight excluding hydrogens is 318 g/mol. The summed E-state index contributed by atoms with van der Waals surface area (Å²) in [5.41, 5.74) is 1.92. The van der Waals surface area contributed by atoms with Gasteiger partial charge in [0.15, 0.2) is 5.82 Å². The monoisotopic (exact) mass is 341 g/mol. The summed E-state index contributed by atoms with van der Waals surface area (Å²) in [6, 6.07) is 5.50. The van der Waals surface area contributed by atoms with Crippen LogP contribution in [0.4, 0.5) is 5.82 Å². The molecule has 0 radical (unpaired) electrons. The van der Waals surface area contributed by atoms with Gasteiger partial charge in [0.1, 0.15) is 11.9 Å². The number of ether oxygens (including phenoxy) is 1. The number of nitrogens with one attached hydrogen (secondary N) is 1. The Bertz CT molecular complexity index is 723. The minimum Gasteiger partial charge on any atom is -0.377 e. The van der Waals surface area contributed by atoms with Crippen LogP contribution < -0.4 is 5.32 Å². The third-order valence-electron chi connectivity index (χ3n) is 4.22. The maximum atomic E-state index is 12.8. The highest BCUT2D eigenvalue weighted by Gasteiger charge is 2.30. The molecule has 0 unspecified atom stereocenters. The lowest BCUT2D eigenvalue weighted by atomic mass is 10.1. The van der Waals surface area contributed by atoms with Crippen molar-refractivity contribution in [3.8, 4) is 0 Å². The number of morpholine rings is 1. The molecule has 1 atom stereocenters. The second kappa shape index (κ2) is 8.02. The maximum Gasteiger partial charge on any atom is 0.223 e. The molecule has 0 spiro atoms. The first-order valence-electron chi connectivity index (χ1n) is 8.47. The Labute approximate surface area is 147 Å². The molecule has 1 saturated heterocycles. The highest BCUT2D eigenvalue weighted by molar-refractivity contribution is 5.77. The largest absolute Gasteiger partial charge is 0.377 e. The summed E-state index contributed by atoms with van der Waals surface area (Å²) in [5.74, 6) is 1.46. The Hall–Kier alpha value is -2.54. The van der Waals surface area contributed by atoms with Gasteiger partial charge in [0.2, 0.25) is 5.91 Å². The second-order valence-electron chi connectivity index (χ2n) is 6.04. The molecule has 1 aliphatic rings. The number of aromatic nitrogens is 3. The van der Waals surface area contributed by atoms with Crippen LogP contribution in [0.1, 0.15) is 29.5 Å². The van der Waals surface area contributed by atoms with E-state index in [0.29, 0.717) is 38.4 Å². The minimum absolute atomic E-state index is 0.0910. The van der Waals surface area contributed by atoms with Crippen molar-refractivity contribution >= 4 is 11.7 Å².